The van der Waals surface area contributed by atoms with Gasteiger partial charge >= 0.3 is 5.97 Å². The molecule has 1 aromatic rings. The zero-order valence-electron chi connectivity index (χ0n) is 25.7. The van der Waals surface area contributed by atoms with Crippen LogP contribution in [0.4, 0.5) is 5.69 Å². The lowest BCUT2D eigenvalue weighted by Crippen LogP contribution is -2.63. The molecule has 3 amide bonds. The van der Waals surface area contributed by atoms with Gasteiger partial charge < -0.3 is 50.8 Å². The smallest absolute Gasteiger partial charge is 0.308 e. The van der Waals surface area contributed by atoms with Crippen molar-refractivity contribution in [2.45, 2.75) is 84.0 Å². The topological polar surface area (TPSA) is 259 Å². The van der Waals surface area contributed by atoms with E-state index in [0.29, 0.717) is 5.56 Å². The highest BCUT2D eigenvalue weighted by Gasteiger charge is 2.48. The zero-order chi connectivity index (χ0) is 34.2. The molecule has 0 bridgehead atoms. The average molecular weight is 663 g/mol. The summed E-state index contributed by atoms with van der Waals surface area (Å²) in [6.45, 7) is 8.16. The summed E-state index contributed by atoms with van der Waals surface area (Å²) in [5.41, 5.74) is 0.346. The number of anilines is 1. The van der Waals surface area contributed by atoms with Gasteiger partial charge in [0.25, 0.3) is 16.0 Å². The Morgan fingerprint density at radius 3 is 2.18 bits per heavy atom. The highest BCUT2D eigenvalue weighted by molar-refractivity contribution is 7.85. The Labute approximate surface area is 260 Å². The highest BCUT2D eigenvalue weighted by Crippen LogP contribution is 2.31. The summed E-state index contributed by atoms with van der Waals surface area (Å²) < 4.78 is 47.3. The predicted octanol–water partition coefficient (Wildman–Crippen LogP) is -1.78. The Morgan fingerprint density at radius 1 is 0.978 bits per heavy atom. The Kier molecular flexibility index (Phi) is 13.7. The van der Waals surface area contributed by atoms with Gasteiger partial charge in [0.1, 0.15) is 42.6 Å². The number of aliphatic hydroxyl groups excluding tert-OH is 3. The first-order chi connectivity index (χ1) is 20.9. The molecule has 0 aliphatic carbocycles. The molecule has 17 nitrogen and oxygen atoms in total. The quantitative estimate of drug-likeness (QED) is 0.0810. The Balaban J connectivity index is 2.35. The first-order valence-corrected chi connectivity index (χ1v) is 15.6. The van der Waals surface area contributed by atoms with Gasteiger partial charge in [-0.15, -0.1) is 0 Å². The SMILES string of the molecule is CN[C@H](C(=O)N[C@@H](C)C(=O)Nc1ccc(COC(=O)C(C)C)cc1O[C@@H]1O[C@H](C(=O)NCS(=O)(=O)O)[C@@H](O)[C@H](O)[C@H]1O)C(C)C. The third-order valence-corrected chi connectivity index (χ3v) is 7.18. The molecule has 1 aromatic carbocycles. The summed E-state index contributed by atoms with van der Waals surface area (Å²) in [6, 6.07) is 2.60. The molecule has 2 rings (SSSR count). The van der Waals surface area contributed by atoms with Crippen molar-refractivity contribution in [1.82, 2.24) is 16.0 Å². The van der Waals surface area contributed by atoms with Gasteiger partial charge in [0.2, 0.25) is 18.1 Å². The molecule has 0 spiro atoms. The van der Waals surface area contributed by atoms with Crippen molar-refractivity contribution in [3.63, 3.8) is 0 Å². The van der Waals surface area contributed by atoms with Crippen molar-refractivity contribution in [2.24, 2.45) is 11.8 Å². The van der Waals surface area contributed by atoms with Gasteiger partial charge in [-0.2, -0.15) is 8.42 Å². The van der Waals surface area contributed by atoms with Crippen LogP contribution in [0.3, 0.4) is 0 Å². The molecule has 45 heavy (non-hydrogen) atoms. The molecule has 1 aliphatic rings. The third-order valence-electron chi connectivity index (χ3n) is 6.67. The maximum atomic E-state index is 13.1. The van der Waals surface area contributed by atoms with Gasteiger partial charge in [-0.25, -0.2) is 0 Å². The number of carbonyl (C=O) groups excluding carboxylic acids is 4. The van der Waals surface area contributed by atoms with Crippen molar-refractivity contribution in [3.8, 4) is 5.75 Å². The normalized spacial score (nSPS) is 23.2. The number of amides is 3. The Morgan fingerprint density at radius 2 is 1.62 bits per heavy atom. The van der Waals surface area contributed by atoms with E-state index in [4.69, 9.17) is 18.8 Å². The summed E-state index contributed by atoms with van der Waals surface area (Å²) in [7, 11) is -3.03. The largest absolute Gasteiger partial charge is 0.461 e. The number of hydrogen-bond donors (Lipinski definition) is 8. The fourth-order valence-electron chi connectivity index (χ4n) is 4.11. The minimum atomic E-state index is -4.64. The Bertz CT molecular complexity index is 1320. The van der Waals surface area contributed by atoms with E-state index < -0.39 is 88.4 Å². The lowest BCUT2D eigenvalue weighted by molar-refractivity contribution is -0.266. The van der Waals surface area contributed by atoms with Crippen LogP contribution in [0.5, 0.6) is 5.75 Å². The molecule has 254 valence electrons. The van der Waals surface area contributed by atoms with Crippen molar-refractivity contribution in [1.29, 1.82) is 0 Å². The van der Waals surface area contributed by atoms with E-state index in [1.165, 1.54) is 25.1 Å². The zero-order valence-corrected chi connectivity index (χ0v) is 26.5. The molecule has 1 heterocycles. The molecule has 1 aliphatic heterocycles. The van der Waals surface area contributed by atoms with Crippen LogP contribution in [0.15, 0.2) is 18.2 Å². The first kappa shape index (κ1) is 37.8. The fraction of sp³-hybridized carbons (Fsp3) is 0.630. The third kappa shape index (κ3) is 10.9. The van der Waals surface area contributed by atoms with Crippen LogP contribution < -0.4 is 26.0 Å². The van der Waals surface area contributed by atoms with Crippen LogP contribution in [0.25, 0.3) is 0 Å². The van der Waals surface area contributed by atoms with Gasteiger partial charge in [0.05, 0.1) is 17.6 Å². The van der Waals surface area contributed by atoms with Crippen molar-refractivity contribution in [2.75, 3.05) is 18.2 Å². The van der Waals surface area contributed by atoms with Crippen LogP contribution in [0.1, 0.15) is 40.2 Å². The van der Waals surface area contributed by atoms with Crippen molar-refractivity contribution in [3.05, 3.63) is 23.8 Å². The minimum absolute atomic E-state index is 0.0159. The molecule has 7 atom stereocenters. The molecule has 0 aromatic heterocycles. The fourth-order valence-corrected chi connectivity index (χ4v) is 4.43. The highest BCUT2D eigenvalue weighted by atomic mass is 32.2. The number of esters is 1. The van der Waals surface area contributed by atoms with Crippen LogP contribution in [-0.2, 0) is 45.4 Å². The number of ether oxygens (including phenoxy) is 3. The van der Waals surface area contributed by atoms with E-state index in [0.717, 1.165) is 0 Å². The van der Waals surface area contributed by atoms with Gasteiger partial charge in [0, 0.05) is 0 Å². The molecule has 18 heteroatoms. The molecule has 0 unspecified atom stereocenters. The molecule has 0 radical (unpaired) electrons. The van der Waals surface area contributed by atoms with Gasteiger partial charge in [-0.3, -0.25) is 23.7 Å². The number of aliphatic hydroxyl groups is 3. The summed E-state index contributed by atoms with van der Waals surface area (Å²) in [5, 5.41) is 41.1. The van der Waals surface area contributed by atoms with Crippen molar-refractivity contribution >= 4 is 39.5 Å². The molecular weight excluding hydrogens is 620 g/mol. The van der Waals surface area contributed by atoms with E-state index in [2.05, 4.69) is 16.0 Å². The molecular formula is C27H42N4O13S. The average Bonchev–Trinajstić information content (AvgIpc) is 2.95. The number of hydrogen-bond acceptors (Lipinski definition) is 13. The summed E-state index contributed by atoms with van der Waals surface area (Å²) in [4.78, 5) is 50.2. The molecule has 8 N–H and O–H groups in total. The maximum Gasteiger partial charge on any atom is 0.308 e. The van der Waals surface area contributed by atoms with Crippen LogP contribution >= 0.6 is 0 Å². The van der Waals surface area contributed by atoms with Gasteiger partial charge in [-0.05, 0) is 37.6 Å². The van der Waals surface area contributed by atoms with Crippen LogP contribution in [-0.4, -0.2) is 108 Å². The number of rotatable bonds is 14. The van der Waals surface area contributed by atoms with E-state index in [-0.39, 0.29) is 24.0 Å². The molecule has 1 fully saturated rings. The van der Waals surface area contributed by atoms with Crippen LogP contribution in [0, 0.1) is 11.8 Å². The van der Waals surface area contributed by atoms with Crippen molar-refractivity contribution < 1.29 is 61.7 Å². The second-order valence-electron chi connectivity index (χ2n) is 11.1. The standard InChI is InChI=1S/C27H42N4O13S/c1-12(2)18(28-6)24(36)30-14(5)23(35)31-16-8-7-15(10-42-26(38)13(3)4)9-17(16)43-27-21(34)19(32)20(33)22(44-27)25(37)29-11-45(39,40)41/h7-9,12-14,18-22,27-28,32-34H,10-11H2,1-6H3,(H,29,37)(H,30,36)(H,31,35)(H,39,40,41)/t14-,18-,19-,20-,21+,22-,27+/m0/s1. The number of benzene rings is 1. The summed E-state index contributed by atoms with van der Waals surface area (Å²) in [5.74, 6) is -4.76. The van der Waals surface area contributed by atoms with E-state index in [1.54, 1.807) is 20.9 Å². The number of nitrogens with one attached hydrogen (secondary N) is 4. The predicted molar refractivity (Wildman–Crippen MR) is 157 cm³/mol. The second-order valence-corrected chi connectivity index (χ2v) is 12.6. The number of likely N-dealkylation sites (N-methyl/N-ethyl adjacent to an activating group) is 1. The van der Waals surface area contributed by atoms with E-state index in [9.17, 15) is 42.9 Å². The van der Waals surface area contributed by atoms with E-state index in [1.807, 2.05) is 19.2 Å². The van der Waals surface area contributed by atoms with E-state index >= 15 is 0 Å². The monoisotopic (exact) mass is 662 g/mol. The maximum absolute atomic E-state index is 13.1. The molecule has 1 saturated heterocycles. The lowest BCUT2D eigenvalue weighted by atomic mass is 9.98. The Hall–Kier alpha value is -3.39. The lowest BCUT2D eigenvalue weighted by Gasteiger charge is -2.39. The first-order valence-electron chi connectivity index (χ1n) is 14.0. The summed E-state index contributed by atoms with van der Waals surface area (Å²) in [6.07, 6.45) is -9.83. The number of carbonyl (C=O) groups is 4. The van der Waals surface area contributed by atoms with Gasteiger partial charge in [-0.1, -0.05) is 33.8 Å². The summed E-state index contributed by atoms with van der Waals surface area (Å²) >= 11 is 0. The van der Waals surface area contributed by atoms with Crippen LogP contribution in [0.2, 0.25) is 0 Å². The second kappa shape index (κ2) is 16.3. The van der Waals surface area contributed by atoms with Gasteiger partial charge in [0.15, 0.2) is 6.10 Å². The molecule has 0 saturated carbocycles. The minimum Gasteiger partial charge on any atom is -0.461 e.